The summed E-state index contributed by atoms with van der Waals surface area (Å²) in [7, 11) is 0. The first-order chi connectivity index (χ1) is 9.93. The average Bonchev–Trinajstić information content (AvgIpc) is 2.44. The molecule has 1 aliphatic heterocycles. The number of aliphatic carboxylic acids is 1. The molecule has 0 saturated heterocycles. The van der Waals surface area contributed by atoms with Crippen LogP contribution in [0.15, 0.2) is 18.2 Å². The second-order valence-corrected chi connectivity index (χ2v) is 5.38. The molecule has 0 aromatic heterocycles. The molecule has 0 aliphatic carbocycles. The minimum atomic E-state index is -0.955. The van der Waals surface area contributed by atoms with Gasteiger partial charge in [0, 0.05) is 6.54 Å². The molecule has 1 atom stereocenters. The second kappa shape index (κ2) is 6.13. The van der Waals surface area contributed by atoms with Crippen LogP contribution >= 0.6 is 0 Å². The van der Waals surface area contributed by atoms with Gasteiger partial charge in [0.2, 0.25) is 0 Å². The first kappa shape index (κ1) is 15.3. The Labute approximate surface area is 122 Å². The summed E-state index contributed by atoms with van der Waals surface area (Å²) >= 11 is 0. The Kier molecular flexibility index (Phi) is 4.47. The van der Waals surface area contributed by atoms with E-state index in [1.165, 1.54) is 4.90 Å². The van der Waals surface area contributed by atoms with Crippen LogP contribution in [0.5, 0.6) is 5.75 Å². The lowest BCUT2D eigenvalue weighted by atomic mass is 10.0. The molecule has 0 spiro atoms. The molecule has 6 nitrogen and oxygen atoms in total. The SMILES string of the molecule is CC(C)C1Oc2cc(CO)ccc2N(CCC(=O)O)C1=O. The van der Waals surface area contributed by atoms with E-state index in [0.29, 0.717) is 17.0 Å². The number of amides is 1. The Hall–Kier alpha value is -2.08. The highest BCUT2D eigenvalue weighted by atomic mass is 16.5. The average molecular weight is 293 g/mol. The minimum Gasteiger partial charge on any atom is -0.481 e. The van der Waals surface area contributed by atoms with Crippen LogP contribution in [0.1, 0.15) is 25.8 Å². The third kappa shape index (κ3) is 3.16. The number of fused-ring (bicyclic) bond motifs is 1. The monoisotopic (exact) mass is 293 g/mol. The molecule has 2 N–H and O–H groups in total. The Balaban J connectivity index is 2.38. The molecule has 1 aromatic rings. The molecule has 1 aliphatic rings. The van der Waals surface area contributed by atoms with E-state index in [4.69, 9.17) is 9.84 Å². The number of hydrogen-bond donors (Lipinski definition) is 2. The maximum absolute atomic E-state index is 12.5. The molecule has 1 unspecified atom stereocenters. The number of ether oxygens (including phenoxy) is 1. The van der Waals surface area contributed by atoms with Gasteiger partial charge in [0.1, 0.15) is 5.75 Å². The van der Waals surface area contributed by atoms with E-state index in [9.17, 15) is 14.7 Å². The number of benzene rings is 1. The van der Waals surface area contributed by atoms with E-state index >= 15 is 0 Å². The molecule has 1 heterocycles. The van der Waals surface area contributed by atoms with E-state index in [2.05, 4.69) is 0 Å². The summed E-state index contributed by atoms with van der Waals surface area (Å²) in [4.78, 5) is 24.7. The zero-order valence-electron chi connectivity index (χ0n) is 12.1. The summed E-state index contributed by atoms with van der Waals surface area (Å²) in [6, 6.07) is 5.06. The van der Waals surface area contributed by atoms with Crippen molar-refractivity contribution in [1.82, 2.24) is 0 Å². The normalized spacial score (nSPS) is 17.6. The van der Waals surface area contributed by atoms with Crippen LogP contribution in [0.25, 0.3) is 0 Å². The fraction of sp³-hybridized carbons (Fsp3) is 0.467. The highest BCUT2D eigenvalue weighted by molar-refractivity contribution is 6.00. The van der Waals surface area contributed by atoms with Gasteiger partial charge in [-0.1, -0.05) is 19.9 Å². The number of aliphatic hydroxyl groups is 1. The Morgan fingerprint density at radius 3 is 2.71 bits per heavy atom. The van der Waals surface area contributed by atoms with E-state index in [1.807, 2.05) is 13.8 Å². The van der Waals surface area contributed by atoms with Crippen molar-refractivity contribution in [3.05, 3.63) is 23.8 Å². The molecule has 1 aromatic carbocycles. The van der Waals surface area contributed by atoms with E-state index in [0.717, 1.165) is 0 Å². The van der Waals surface area contributed by atoms with Gasteiger partial charge in [-0.15, -0.1) is 0 Å². The summed E-state index contributed by atoms with van der Waals surface area (Å²) in [5.41, 5.74) is 1.24. The summed E-state index contributed by atoms with van der Waals surface area (Å²) < 4.78 is 5.74. The van der Waals surface area contributed by atoms with Gasteiger partial charge in [0.15, 0.2) is 6.10 Å². The summed E-state index contributed by atoms with van der Waals surface area (Å²) in [5.74, 6) is -0.708. The van der Waals surface area contributed by atoms with Gasteiger partial charge >= 0.3 is 5.97 Å². The van der Waals surface area contributed by atoms with Gasteiger partial charge in [-0.3, -0.25) is 9.59 Å². The van der Waals surface area contributed by atoms with E-state index in [-0.39, 0.29) is 31.4 Å². The molecular formula is C15H19NO5. The van der Waals surface area contributed by atoms with Crippen molar-refractivity contribution in [2.75, 3.05) is 11.4 Å². The van der Waals surface area contributed by atoms with Crippen LogP contribution in [0.4, 0.5) is 5.69 Å². The van der Waals surface area contributed by atoms with Crippen molar-refractivity contribution < 1.29 is 24.5 Å². The topological polar surface area (TPSA) is 87.1 Å². The third-order valence-corrected chi connectivity index (χ3v) is 3.42. The van der Waals surface area contributed by atoms with Gasteiger partial charge in [0.05, 0.1) is 18.7 Å². The Morgan fingerprint density at radius 2 is 2.14 bits per heavy atom. The van der Waals surface area contributed by atoms with Crippen molar-refractivity contribution in [2.24, 2.45) is 5.92 Å². The predicted octanol–water partition coefficient (Wildman–Crippen LogP) is 1.40. The quantitative estimate of drug-likeness (QED) is 0.857. The molecule has 21 heavy (non-hydrogen) atoms. The van der Waals surface area contributed by atoms with Gasteiger partial charge in [-0.25, -0.2) is 0 Å². The smallest absolute Gasteiger partial charge is 0.305 e. The molecular weight excluding hydrogens is 274 g/mol. The van der Waals surface area contributed by atoms with Crippen LogP contribution in [0.3, 0.4) is 0 Å². The number of nitrogens with zero attached hydrogens (tertiary/aromatic N) is 1. The first-order valence-electron chi connectivity index (χ1n) is 6.87. The fourth-order valence-corrected chi connectivity index (χ4v) is 2.29. The van der Waals surface area contributed by atoms with Gasteiger partial charge in [-0.2, -0.15) is 0 Å². The number of carboxylic acid groups (broad SMARTS) is 1. The fourth-order valence-electron chi connectivity index (χ4n) is 2.29. The lowest BCUT2D eigenvalue weighted by molar-refractivity contribution is -0.136. The van der Waals surface area contributed by atoms with Crippen molar-refractivity contribution in [1.29, 1.82) is 0 Å². The van der Waals surface area contributed by atoms with Crippen molar-refractivity contribution >= 4 is 17.6 Å². The van der Waals surface area contributed by atoms with E-state index < -0.39 is 12.1 Å². The standard InChI is InChI=1S/C15H19NO5/c1-9(2)14-15(20)16(6-5-13(18)19)11-4-3-10(8-17)7-12(11)21-14/h3-4,7,9,14,17H,5-6,8H2,1-2H3,(H,18,19). The third-order valence-electron chi connectivity index (χ3n) is 3.42. The van der Waals surface area contributed by atoms with E-state index in [1.54, 1.807) is 18.2 Å². The lowest BCUT2D eigenvalue weighted by Gasteiger charge is -2.36. The number of hydrogen-bond acceptors (Lipinski definition) is 4. The molecule has 6 heteroatoms. The Morgan fingerprint density at radius 1 is 1.43 bits per heavy atom. The number of anilines is 1. The van der Waals surface area contributed by atoms with Gasteiger partial charge in [0.25, 0.3) is 5.91 Å². The molecule has 2 rings (SSSR count). The molecule has 1 amide bonds. The zero-order valence-corrected chi connectivity index (χ0v) is 12.1. The minimum absolute atomic E-state index is 0.0317. The van der Waals surface area contributed by atoms with Crippen molar-refractivity contribution in [2.45, 2.75) is 33.0 Å². The summed E-state index contributed by atoms with van der Waals surface area (Å²) in [6.45, 7) is 3.73. The Bertz CT molecular complexity index is 555. The van der Waals surface area contributed by atoms with Crippen molar-refractivity contribution in [3.8, 4) is 5.75 Å². The molecule has 0 saturated carbocycles. The second-order valence-electron chi connectivity index (χ2n) is 5.38. The zero-order chi connectivity index (χ0) is 15.6. The summed E-state index contributed by atoms with van der Waals surface area (Å²) in [5, 5.41) is 18.0. The van der Waals surface area contributed by atoms with Crippen LogP contribution in [-0.4, -0.2) is 34.7 Å². The highest BCUT2D eigenvalue weighted by Gasteiger charge is 2.36. The maximum Gasteiger partial charge on any atom is 0.305 e. The van der Waals surface area contributed by atoms with Crippen LogP contribution in [0.2, 0.25) is 0 Å². The predicted molar refractivity (Wildman–Crippen MR) is 76.2 cm³/mol. The largest absolute Gasteiger partial charge is 0.481 e. The lowest BCUT2D eigenvalue weighted by Crippen LogP contribution is -2.49. The highest BCUT2D eigenvalue weighted by Crippen LogP contribution is 2.36. The first-order valence-corrected chi connectivity index (χ1v) is 6.87. The number of carbonyl (C=O) groups is 2. The number of rotatable bonds is 5. The maximum atomic E-state index is 12.5. The summed E-state index contributed by atoms with van der Waals surface area (Å²) in [6.07, 6.45) is -0.766. The number of carbonyl (C=O) groups excluding carboxylic acids is 1. The van der Waals surface area contributed by atoms with Crippen molar-refractivity contribution in [3.63, 3.8) is 0 Å². The number of carboxylic acids is 1. The molecule has 114 valence electrons. The van der Waals surface area contributed by atoms with Crippen LogP contribution in [0, 0.1) is 5.92 Å². The van der Waals surface area contributed by atoms with Gasteiger partial charge < -0.3 is 19.8 Å². The molecule has 0 bridgehead atoms. The number of aliphatic hydroxyl groups excluding tert-OH is 1. The molecule has 0 fully saturated rings. The van der Waals surface area contributed by atoms with Crippen LogP contribution in [-0.2, 0) is 16.2 Å². The molecule has 0 radical (unpaired) electrons. The van der Waals surface area contributed by atoms with Gasteiger partial charge in [-0.05, 0) is 23.6 Å². The van der Waals surface area contributed by atoms with Crippen LogP contribution < -0.4 is 9.64 Å².